The Bertz CT molecular complexity index is 556. The topological polar surface area (TPSA) is 49.3 Å². The largest absolute Gasteiger partial charge is 0.396 e. The fraction of sp³-hybridized carbons (Fsp3) is 0.850. The monoisotopic (exact) mass is 317 g/mol. The molecule has 0 aromatic rings. The maximum atomic E-state index is 12.1. The summed E-state index contributed by atoms with van der Waals surface area (Å²) in [5, 5.41) is 13.1. The molecule has 1 amide bonds. The highest BCUT2D eigenvalue weighted by Crippen LogP contribution is 2.64. The molecule has 0 saturated heterocycles. The molecule has 3 saturated carbocycles. The van der Waals surface area contributed by atoms with Gasteiger partial charge in [0.05, 0.1) is 0 Å². The van der Waals surface area contributed by atoms with E-state index in [1.54, 1.807) is 0 Å². The average molecular weight is 317 g/mol. The Kier molecular flexibility index (Phi) is 3.46. The van der Waals surface area contributed by atoms with Crippen LogP contribution in [0.3, 0.4) is 0 Å². The molecule has 1 aliphatic heterocycles. The highest BCUT2D eigenvalue weighted by atomic mass is 16.3. The predicted octanol–water partition coefficient (Wildman–Crippen LogP) is 3.28. The first-order chi connectivity index (χ1) is 10.9. The first-order valence-corrected chi connectivity index (χ1v) is 9.51. The number of nitrogens with one attached hydrogen (secondary N) is 1. The van der Waals surface area contributed by atoms with Gasteiger partial charge < -0.3 is 10.4 Å². The standard InChI is InChI=1S/C20H31NO2/c1-12-10-20(3)16-8-9-19(2)13(11-22)4-6-15(19)14(16)5-7-17(20)21-18(12)23/h10,13-17,22H,4-9,11H2,1-3H3,(H,21,23)/t13-,14+,15+,16+,17-,19-,20-/m1/s1. The molecular formula is C20H31NO2. The van der Waals surface area contributed by atoms with Crippen LogP contribution in [-0.4, -0.2) is 23.7 Å². The SMILES string of the molecule is CC1=C[C@@]2(C)[C@@H](CC[C@@H]3[C@@H]2CC[C@]2(C)[C@@H](CO)CC[C@@H]32)NC1=O. The molecule has 7 atom stereocenters. The molecule has 0 aromatic heterocycles. The minimum Gasteiger partial charge on any atom is -0.396 e. The Morgan fingerprint density at radius 1 is 1.17 bits per heavy atom. The van der Waals surface area contributed by atoms with Gasteiger partial charge in [0, 0.05) is 23.6 Å². The zero-order valence-electron chi connectivity index (χ0n) is 14.8. The van der Waals surface area contributed by atoms with Gasteiger partial charge in [0.25, 0.3) is 0 Å². The molecule has 0 unspecified atom stereocenters. The number of rotatable bonds is 1. The maximum absolute atomic E-state index is 12.1. The second-order valence-corrected chi connectivity index (χ2v) is 9.17. The van der Waals surface area contributed by atoms with Crippen LogP contribution in [0.25, 0.3) is 0 Å². The lowest BCUT2D eigenvalue weighted by atomic mass is 9.47. The van der Waals surface area contributed by atoms with Crippen LogP contribution < -0.4 is 5.32 Å². The number of amides is 1. The van der Waals surface area contributed by atoms with Crippen molar-refractivity contribution in [3.63, 3.8) is 0 Å². The first kappa shape index (κ1) is 15.7. The van der Waals surface area contributed by atoms with Crippen LogP contribution in [0.1, 0.15) is 59.3 Å². The van der Waals surface area contributed by atoms with Gasteiger partial charge in [-0.2, -0.15) is 0 Å². The Labute approximate surface area is 139 Å². The van der Waals surface area contributed by atoms with E-state index in [9.17, 15) is 9.90 Å². The van der Waals surface area contributed by atoms with Crippen molar-refractivity contribution >= 4 is 5.91 Å². The summed E-state index contributed by atoms with van der Waals surface area (Å²) < 4.78 is 0. The van der Waals surface area contributed by atoms with Crippen LogP contribution in [0.2, 0.25) is 0 Å². The van der Waals surface area contributed by atoms with Crippen molar-refractivity contribution < 1.29 is 9.90 Å². The minimum absolute atomic E-state index is 0.125. The number of hydrogen-bond donors (Lipinski definition) is 2. The Morgan fingerprint density at radius 2 is 1.96 bits per heavy atom. The van der Waals surface area contributed by atoms with E-state index in [2.05, 4.69) is 25.2 Å². The Balaban J connectivity index is 1.68. The van der Waals surface area contributed by atoms with Crippen molar-refractivity contribution in [1.82, 2.24) is 5.32 Å². The van der Waals surface area contributed by atoms with E-state index < -0.39 is 0 Å². The lowest BCUT2D eigenvalue weighted by molar-refractivity contribution is -0.124. The van der Waals surface area contributed by atoms with E-state index in [1.165, 1.54) is 32.1 Å². The second kappa shape index (κ2) is 5.08. The fourth-order valence-corrected chi connectivity index (χ4v) is 7.04. The maximum Gasteiger partial charge on any atom is 0.246 e. The lowest BCUT2D eigenvalue weighted by Crippen LogP contribution is -2.60. The van der Waals surface area contributed by atoms with E-state index in [0.29, 0.717) is 29.9 Å². The predicted molar refractivity (Wildman–Crippen MR) is 90.6 cm³/mol. The molecule has 128 valence electrons. The molecule has 1 heterocycles. The molecule has 0 spiro atoms. The molecule has 0 bridgehead atoms. The van der Waals surface area contributed by atoms with Crippen molar-refractivity contribution in [3.8, 4) is 0 Å². The summed E-state index contributed by atoms with van der Waals surface area (Å²) in [6.07, 6.45) is 9.65. The van der Waals surface area contributed by atoms with Crippen LogP contribution in [-0.2, 0) is 4.79 Å². The summed E-state index contributed by atoms with van der Waals surface area (Å²) in [5.41, 5.74) is 1.37. The first-order valence-electron chi connectivity index (χ1n) is 9.51. The molecule has 4 aliphatic rings. The molecule has 0 aromatic carbocycles. The van der Waals surface area contributed by atoms with E-state index in [-0.39, 0.29) is 11.3 Å². The third-order valence-corrected chi connectivity index (χ3v) is 8.38. The number of fused-ring (bicyclic) bond motifs is 5. The third kappa shape index (κ3) is 2.01. The smallest absolute Gasteiger partial charge is 0.246 e. The molecule has 3 nitrogen and oxygen atoms in total. The van der Waals surface area contributed by atoms with Crippen molar-refractivity contribution in [3.05, 3.63) is 11.6 Å². The molecule has 0 radical (unpaired) electrons. The molecule has 3 aliphatic carbocycles. The van der Waals surface area contributed by atoms with E-state index in [4.69, 9.17) is 0 Å². The van der Waals surface area contributed by atoms with Gasteiger partial charge in [-0.3, -0.25) is 4.79 Å². The molecule has 2 N–H and O–H groups in total. The van der Waals surface area contributed by atoms with E-state index in [0.717, 1.165) is 23.8 Å². The van der Waals surface area contributed by atoms with Gasteiger partial charge in [-0.15, -0.1) is 0 Å². The van der Waals surface area contributed by atoms with E-state index >= 15 is 0 Å². The summed E-state index contributed by atoms with van der Waals surface area (Å²) in [5.74, 6) is 2.86. The minimum atomic E-state index is 0.125. The third-order valence-electron chi connectivity index (χ3n) is 8.38. The molecule has 3 heteroatoms. The summed E-state index contributed by atoms with van der Waals surface area (Å²) in [6, 6.07) is 0.319. The lowest BCUT2D eigenvalue weighted by Gasteiger charge is -2.59. The summed E-state index contributed by atoms with van der Waals surface area (Å²) in [4.78, 5) is 12.1. The van der Waals surface area contributed by atoms with Crippen molar-refractivity contribution in [2.24, 2.45) is 34.5 Å². The zero-order chi connectivity index (χ0) is 16.4. The fourth-order valence-electron chi connectivity index (χ4n) is 7.04. The normalized spacial score (nSPS) is 52.1. The number of aliphatic hydroxyl groups excluding tert-OH is 1. The molecular weight excluding hydrogens is 286 g/mol. The summed E-state index contributed by atoms with van der Waals surface area (Å²) in [7, 11) is 0. The van der Waals surface area contributed by atoms with Crippen LogP contribution in [0.15, 0.2) is 11.6 Å². The summed E-state index contributed by atoms with van der Waals surface area (Å²) >= 11 is 0. The molecule has 4 rings (SSSR count). The van der Waals surface area contributed by atoms with Crippen LogP contribution in [0, 0.1) is 34.5 Å². The van der Waals surface area contributed by atoms with Gasteiger partial charge in [0.1, 0.15) is 0 Å². The van der Waals surface area contributed by atoms with Gasteiger partial charge in [0.15, 0.2) is 0 Å². The van der Waals surface area contributed by atoms with Crippen LogP contribution in [0.4, 0.5) is 0 Å². The quantitative estimate of drug-likeness (QED) is 0.780. The van der Waals surface area contributed by atoms with Crippen LogP contribution >= 0.6 is 0 Å². The highest BCUT2D eigenvalue weighted by molar-refractivity contribution is 5.94. The van der Waals surface area contributed by atoms with Crippen molar-refractivity contribution in [2.75, 3.05) is 6.61 Å². The highest BCUT2D eigenvalue weighted by Gasteiger charge is 2.59. The van der Waals surface area contributed by atoms with Gasteiger partial charge in [-0.1, -0.05) is 19.9 Å². The Hall–Kier alpha value is -0.830. The number of aliphatic hydroxyl groups is 1. The Morgan fingerprint density at radius 3 is 2.70 bits per heavy atom. The molecule has 23 heavy (non-hydrogen) atoms. The van der Waals surface area contributed by atoms with Crippen LogP contribution in [0.5, 0.6) is 0 Å². The second-order valence-electron chi connectivity index (χ2n) is 9.17. The van der Waals surface area contributed by atoms with Gasteiger partial charge in [-0.25, -0.2) is 0 Å². The van der Waals surface area contributed by atoms with Gasteiger partial charge in [0.2, 0.25) is 5.91 Å². The summed E-state index contributed by atoms with van der Waals surface area (Å²) in [6.45, 7) is 7.16. The van der Waals surface area contributed by atoms with Crippen molar-refractivity contribution in [1.29, 1.82) is 0 Å². The zero-order valence-corrected chi connectivity index (χ0v) is 14.8. The van der Waals surface area contributed by atoms with E-state index in [1.807, 2.05) is 6.92 Å². The average Bonchev–Trinajstić information content (AvgIpc) is 2.85. The van der Waals surface area contributed by atoms with Crippen molar-refractivity contribution in [2.45, 2.75) is 65.3 Å². The molecule has 3 fully saturated rings. The number of carbonyl (C=O) groups is 1. The van der Waals surface area contributed by atoms with Gasteiger partial charge in [-0.05, 0) is 74.5 Å². The number of carbonyl (C=O) groups excluding carboxylic acids is 1. The van der Waals surface area contributed by atoms with Gasteiger partial charge >= 0.3 is 0 Å². The number of hydrogen-bond acceptors (Lipinski definition) is 2.